The van der Waals surface area contributed by atoms with Gasteiger partial charge in [0, 0.05) is 16.6 Å². The van der Waals surface area contributed by atoms with E-state index in [4.69, 9.17) is 14.5 Å². The highest BCUT2D eigenvalue weighted by Crippen LogP contribution is 2.46. The van der Waals surface area contributed by atoms with Crippen LogP contribution in [0.4, 0.5) is 0 Å². The molecule has 4 nitrogen and oxygen atoms in total. The number of benzene rings is 2. The Morgan fingerprint density at radius 3 is 2.85 bits per heavy atom. The fourth-order valence-corrected chi connectivity index (χ4v) is 4.44. The number of thiophene rings is 1. The molecular weight excluding hydrogens is 356 g/mol. The van der Waals surface area contributed by atoms with Gasteiger partial charge in [-0.05, 0) is 41.8 Å². The average Bonchev–Trinajstić information content (AvgIpc) is 3.31. The molecule has 1 aliphatic heterocycles. The summed E-state index contributed by atoms with van der Waals surface area (Å²) in [6.45, 7) is 6.07. The van der Waals surface area contributed by atoms with E-state index in [1.165, 1.54) is 0 Å². The molecule has 0 saturated heterocycles. The van der Waals surface area contributed by atoms with Crippen LogP contribution in [0.3, 0.4) is 0 Å². The first-order valence-corrected chi connectivity index (χ1v) is 9.43. The standard InChI is InChI=1S/C22H16N2O2S/c1-3-14-5-4-6-16(9-14)22-20(21-19(27-22)11-23-13(2)24-21)15-7-8-17-18(10-15)26-12-25-17/h3-11H,1,12H2,2H3. The summed E-state index contributed by atoms with van der Waals surface area (Å²) in [5.41, 5.74) is 5.34. The van der Waals surface area contributed by atoms with Gasteiger partial charge in [-0.15, -0.1) is 11.3 Å². The smallest absolute Gasteiger partial charge is 0.231 e. The fourth-order valence-electron chi connectivity index (χ4n) is 3.31. The van der Waals surface area contributed by atoms with Crippen molar-refractivity contribution in [3.63, 3.8) is 0 Å². The van der Waals surface area contributed by atoms with E-state index in [1.54, 1.807) is 11.3 Å². The lowest BCUT2D eigenvalue weighted by molar-refractivity contribution is 0.174. The van der Waals surface area contributed by atoms with Crippen LogP contribution in [-0.4, -0.2) is 16.8 Å². The molecule has 2 aromatic carbocycles. The van der Waals surface area contributed by atoms with Crippen LogP contribution in [-0.2, 0) is 0 Å². The first-order valence-electron chi connectivity index (χ1n) is 8.62. The first kappa shape index (κ1) is 16.0. The van der Waals surface area contributed by atoms with Crippen LogP contribution in [0.2, 0.25) is 0 Å². The fraction of sp³-hybridized carbons (Fsp3) is 0.0909. The lowest BCUT2D eigenvalue weighted by atomic mass is 10.00. The Hall–Kier alpha value is -3.18. The van der Waals surface area contributed by atoms with Crippen molar-refractivity contribution < 1.29 is 9.47 Å². The molecule has 0 amide bonds. The molecule has 0 aliphatic carbocycles. The minimum absolute atomic E-state index is 0.263. The van der Waals surface area contributed by atoms with Gasteiger partial charge in [0.15, 0.2) is 11.5 Å². The Balaban J connectivity index is 1.80. The summed E-state index contributed by atoms with van der Waals surface area (Å²) in [5, 5.41) is 0. The molecule has 0 N–H and O–H groups in total. The largest absolute Gasteiger partial charge is 0.454 e. The van der Waals surface area contributed by atoms with Crippen LogP contribution in [0.15, 0.2) is 55.2 Å². The number of rotatable bonds is 3. The number of hydrogen-bond acceptors (Lipinski definition) is 5. The van der Waals surface area contributed by atoms with Crippen LogP contribution in [0, 0.1) is 6.92 Å². The van der Waals surface area contributed by atoms with E-state index in [-0.39, 0.29) is 6.79 Å². The zero-order valence-electron chi connectivity index (χ0n) is 14.7. The topological polar surface area (TPSA) is 44.2 Å². The van der Waals surface area contributed by atoms with E-state index < -0.39 is 0 Å². The predicted molar refractivity (Wildman–Crippen MR) is 109 cm³/mol. The molecule has 0 radical (unpaired) electrons. The molecule has 27 heavy (non-hydrogen) atoms. The van der Waals surface area contributed by atoms with Gasteiger partial charge in [-0.2, -0.15) is 0 Å². The molecule has 0 spiro atoms. The lowest BCUT2D eigenvalue weighted by Crippen LogP contribution is -1.92. The van der Waals surface area contributed by atoms with E-state index in [0.717, 1.165) is 54.7 Å². The maximum absolute atomic E-state index is 5.59. The van der Waals surface area contributed by atoms with Gasteiger partial charge >= 0.3 is 0 Å². The van der Waals surface area contributed by atoms with Crippen molar-refractivity contribution >= 4 is 27.6 Å². The van der Waals surface area contributed by atoms with Crippen LogP contribution >= 0.6 is 11.3 Å². The third-order valence-electron chi connectivity index (χ3n) is 4.60. The van der Waals surface area contributed by atoms with E-state index in [0.29, 0.717) is 0 Å². The third kappa shape index (κ3) is 2.67. The maximum atomic E-state index is 5.59. The quantitative estimate of drug-likeness (QED) is 0.462. The van der Waals surface area contributed by atoms with Gasteiger partial charge in [-0.25, -0.2) is 9.97 Å². The van der Waals surface area contributed by atoms with Gasteiger partial charge in [-0.1, -0.05) is 36.9 Å². The molecular formula is C22H16N2O2S. The van der Waals surface area contributed by atoms with E-state index >= 15 is 0 Å². The molecule has 0 fully saturated rings. The monoisotopic (exact) mass is 372 g/mol. The highest BCUT2D eigenvalue weighted by Gasteiger charge is 2.21. The van der Waals surface area contributed by atoms with E-state index in [9.17, 15) is 0 Å². The normalized spacial score (nSPS) is 12.5. The maximum Gasteiger partial charge on any atom is 0.231 e. The van der Waals surface area contributed by atoms with Crippen LogP contribution < -0.4 is 9.47 Å². The molecule has 5 rings (SSSR count). The van der Waals surface area contributed by atoms with E-state index in [2.05, 4.69) is 35.8 Å². The number of nitrogens with zero attached hydrogens (tertiary/aromatic N) is 2. The third-order valence-corrected chi connectivity index (χ3v) is 5.76. The Labute approximate surface area is 160 Å². The number of aromatic nitrogens is 2. The summed E-state index contributed by atoms with van der Waals surface area (Å²) in [6, 6.07) is 14.4. The summed E-state index contributed by atoms with van der Waals surface area (Å²) in [5.74, 6) is 2.30. The SMILES string of the molecule is C=Cc1cccc(-c2sc3cnc(C)nc3c2-c2ccc3c(c2)OCO3)c1. The minimum Gasteiger partial charge on any atom is -0.454 e. The average molecular weight is 372 g/mol. The Morgan fingerprint density at radius 1 is 1.07 bits per heavy atom. The molecule has 132 valence electrons. The van der Waals surface area contributed by atoms with Crippen LogP contribution in [0.25, 0.3) is 37.9 Å². The van der Waals surface area contributed by atoms with Gasteiger partial charge in [-0.3, -0.25) is 0 Å². The second kappa shape index (κ2) is 6.21. The zero-order valence-corrected chi connectivity index (χ0v) is 15.5. The van der Waals surface area contributed by atoms with Gasteiger partial charge < -0.3 is 9.47 Å². The Bertz CT molecular complexity index is 1200. The molecule has 3 heterocycles. The van der Waals surface area contributed by atoms with Crippen molar-refractivity contribution in [3.8, 4) is 33.1 Å². The molecule has 1 aliphatic rings. The van der Waals surface area contributed by atoms with Gasteiger partial charge in [0.2, 0.25) is 6.79 Å². The zero-order chi connectivity index (χ0) is 18.4. The van der Waals surface area contributed by atoms with Gasteiger partial charge in [0.1, 0.15) is 5.82 Å². The molecule has 2 aromatic heterocycles. The lowest BCUT2D eigenvalue weighted by Gasteiger charge is -2.07. The summed E-state index contributed by atoms with van der Waals surface area (Å²) >= 11 is 1.70. The van der Waals surface area contributed by atoms with Gasteiger partial charge in [0.05, 0.1) is 10.2 Å². The van der Waals surface area contributed by atoms with Crippen molar-refractivity contribution in [1.82, 2.24) is 9.97 Å². The highest BCUT2D eigenvalue weighted by molar-refractivity contribution is 7.23. The number of hydrogen-bond donors (Lipinski definition) is 0. The first-order chi connectivity index (χ1) is 13.2. The molecule has 0 saturated carbocycles. The summed E-state index contributed by atoms with van der Waals surface area (Å²) < 4.78 is 12.1. The predicted octanol–water partition coefficient (Wildman–Crippen LogP) is 5.71. The number of ether oxygens (including phenoxy) is 2. The summed E-state index contributed by atoms with van der Waals surface area (Å²) in [6.07, 6.45) is 3.76. The molecule has 0 bridgehead atoms. The second-order valence-corrected chi connectivity index (χ2v) is 7.39. The van der Waals surface area contributed by atoms with E-state index in [1.807, 2.05) is 37.4 Å². The van der Waals surface area contributed by atoms with Crippen molar-refractivity contribution in [3.05, 3.63) is 66.6 Å². The highest BCUT2D eigenvalue weighted by atomic mass is 32.1. The Kier molecular flexibility index (Phi) is 3.69. The van der Waals surface area contributed by atoms with Crippen molar-refractivity contribution in [1.29, 1.82) is 0 Å². The number of fused-ring (bicyclic) bond motifs is 2. The van der Waals surface area contributed by atoms with Crippen molar-refractivity contribution in [2.24, 2.45) is 0 Å². The molecule has 5 heteroatoms. The van der Waals surface area contributed by atoms with Crippen molar-refractivity contribution in [2.75, 3.05) is 6.79 Å². The second-order valence-electron chi connectivity index (χ2n) is 6.33. The van der Waals surface area contributed by atoms with Crippen LogP contribution in [0.1, 0.15) is 11.4 Å². The molecule has 0 atom stereocenters. The van der Waals surface area contributed by atoms with Gasteiger partial charge in [0.25, 0.3) is 0 Å². The molecule has 4 aromatic rings. The minimum atomic E-state index is 0.263. The van der Waals surface area contributed by atoms with Crippen LogP contribution in [0.5, 0.6) is 11.5 Å². The van der Waals surface area contributed by atoms with Crippen molar-refractivity contribution in [2.45, 2.75) is 6.92 Å². The molecule has 0 unspecified atom stereocenters. The Morgan fingerprint density at radius 2 is 1.96 bits per heavy atom. The summed E-state index contributed by atoms with van der Waals surface area (Å²) in [4.78, 5) is 10.3. The summed E-state index contributed by atoms with van der Waals surface area (Å²) in [7, 11) is 0. The number of aryl methyl sites for hydroxylation is 1.